The molecule has 1 atom stereocenters. The molecule has 0 unspecified atom stereocenters. The lowest BCUT2D eigenvalue weighted by atomic mass is 10.00. The van der Waals surface area contributed by atoms with E-state index in [0.29, 0.717) is 12.1 Å². The smallest absolute Gasteiger partial charge is 0.227 e. The number of aromatic nitrogens is 1. The maximum absolute atomic E-state index is 12.9. The van der Waals surface area contributed by atoms with E-state index in [-0.39, 0.29) is 17.6 Å². The molecule has 0 fully saturated rings. The van der Waals surface area contributed by atoms with Crippen LogP contribution in [-0.4, -0.2) is 10.9 Å². The molecule has 4 heteroatoms. The molecule has 22 heavy (non-hydrogen) atoms. The number of hydrogen-bond acceptors (Lipinski definition) is 1. The summed E-state index contributed by atoms with van der Waals surface area (Å²) in [4.78, 5) is 15.5. The van der Waals surface area contributed by atoms with Gasteiger partial charge in [0.25, 0.3) is 0 Å². The number of para-hydroxylation sites is 1. The Morgan fingerprint density at radius 2 is 1.91 bits per heavy atom. The summed E-state index contributed by atoms with van der Waals surface area (Å²) in [5.74, 6) is -0.564. The summed E-state index contributed by atoms with van der Waals surface area (Å²) in [5, 5.41) is 3.96. The van der Waals surface area contributed by atoms with E-state index in [9.17, 15) is 9.18 Å². The third kappa shape index (κ3) is 3.01. The number of anilines is 1. The number of fused-ring (bicyclic) bond motifs is 1. The monoisotopic (exact) mass is 296 g/mol. The van der Waals surface area contributed by atoms with Gasteiger partial charge in [-0.15, -0.1) is 0 Å². The van der Waals surface area contributed by atoms with Crippen LogP contribution in [0.5, 0.6) is 0 Å². The van der Waals surface area contributed by atoms with Crippen LogP contribution >= 0.6 is 0 Å². The lowest BCUT2D eigenvalue weighted by molar-refractivity contribution is -0.119. The van der Waals surface area contributed by atoms with Crippen LogP contribution < -0.4 is 5.32 Å². The molecule has 0 saturated carbocycles. The third-order valence-corrected chi connectivity index (χ3v) is 3.76. The first-order valence-corrected chi connectivity index (χ1v) is 7.25. The molecule has 1 amide bonds. The Balaban J connectivity index is 1.69. The minimum Gasteiger partial charge on any atom is -0.361 e. The number of halogens is 1. The molecule has 0 aliphatic heterocycles. The van der Waals surface area contributed by atoms with Gasteiger partial charge in [-0.05, 0) is 42.3 Å². The van der Waals surface area contributed by atoms with E-state index in [0.717, 1.165) is 16.5 Å². The number of rotatable bonds is 4. The van der Waals surface area contributed by atoms with Gasteiger partial charge in [-0.25, -0.2) is 4.39 Å². The van der Waals surface area contributed by atoms with Gasteiger partial charge in [0.15, 0.2) is 0 Å². The van der Waals surface area contributed by atoms with Crippen LogP contribution in [0, 0.1) is 11.7 Å². The lowest BCUT2D eigenvalue weighted by Crippen LogP contribution is -2.22. The van der Waals surface area contributed by atoms with Crippen molar-refractivity contribution in [3.63, 3.8) is 0 Å². The highest BCUT2D eigenvalue weighted by atomic mass is 19.1. The lowest BCUT2D eigenvalue weighted by Gasteiger charge is -2.12. The molecule has 3 aromatic rings. The number of carbonyl (C=O) groups excluding carboxylic acids is 1. The van der Waals surface area contributed by atoms with E-state index in [1.165, 1.54) is 12.1 Å². The van der Waals surface area contributed by atoms with Gasteiger partial charge in [-0.3, -0.25) is 4.79 Å². The number of hydrogen-bond donors (Lipinski definition) is 2. The van der Waals surface area contributed by atoms with Gasteiger partial charge >= 0.3 is 0 Å². The zero-order valence-corrected chi connectivity index (χ0v) is 12.3. The third-order valence-electron chi connectivity index (χ3n) is 3.76. The first kappa shape index (κ1) is 14.3. The fourth-order valence-electron chi connectivity index (χ4n) is 2.52. The van der Waals surface area contributed by atoms with Gasteiger partial charge in [0, 0.05) is 28.7 Å². The summed E-state index contributed by atoms with van der Waals surface area (Å²) in [6.07, 6.45) is 2.60. The zero-order valence-electron chi connectivity index (χ0n) is 12.3. The zero-order chi connectivity index (χ0) is 15.5. The molecule has 0 aliphatic rings. The molecular weight excluding hydrogens is 279 g/mol. The fraction of sp³-hybridized carbons (Fsp3) is 0.167. The summed E-state index contributed by atoms with van der Waals surface area (Å²) in [7, 11) is 0. The van der Waals surface area contributed by atoms with Crippen molar-refractivity contribution in [1.82, 2.24) is 4.98 Å². The van der Waals surface area contributed by atoms with E-state index < -0.39 is 0 Å². The van der Waals surface area contributed by atoms with Crippen molar-refractivity contribution in [1.29, 1.82) is 0 Å². The van der Waals surface area contributed by atoms with Gasteiger partial charge in [0.05, 0.1) is 0 Å². The largest absolute Gasteiger partial charge is 0.361 e. The molecule has 1 aromatic heterocycles. The van der Waals surface area contributed by atoms with Crippen molar-refractivity contribution in [3.8, 4) is 0 Å². The molecule has 0 bridgehead atoms. The quantitative estimate of drug-likeness (QED) is 0.747. The highest BCUT2D eigenvalue weighted by molar-refractivity contribution is 5.93. The van der Waals surface area contributed by atoms with Crippen LogP contribution in [0.4, 0.5) is 10.1 Å². The summed E-state index contributed by atoms with van der Waals surface area (Å²) in [6, 6.07) is 13.8. The highest BCUT2D eigenvalue weighted by Crippen LogP contribution is 2.21. The van der Waals surface area contributed by atoms with Gasteiger partial charge in [0.2, 0.25) is 5.91 Å². The van der Waals surface area contributed by atoms with Gasteiger partial charge in [0.1, 0.15) is 5.82 Å². The molecule has 0 radical (unpaired) electrons. The van der Waals surface area contributed by atoms with E-state index >= 15 is 0 Å². The molecular formula is C18H17FN2O. The van der Waals surface area contributed by atoms with Gasteiger partial charge in [-0.2, -0.15) is 0 Å². The second-order valence-corrected chi connectivity index (χ2v) is 5.46. The normalized spacial score (nSPS) is 12.3. The molecule has 3 rings (SSSR count). The average molecular weight is 296 g/mol. The van der Waals surface area contributed by atoms with Crippen molar-refractivity contribution in [2.75, 3.05) is 5.32 Å². The topological polar surface area (TPSA) is 44.9 Å². The Hall–Kier alpha value is -2.62. The van der Waals surface area contributed by atoms with E-state index in [2.05, 4.69) is 10.3 Å². The molecule has 3 nitrogen and oxygen atoms in total. The number of benzene rings is 2. The Morgan fingerprint density at radius 1 is 1.18 bits per heavy atom. The van der Waals surface area contributed by atoms with Crippen molar-refractivity contribution >= 4 is 22.5 Å². The SMILES string of the molecule is C[C@@H](Cc1c[nH]c2ccccc12)C(=O)Nc1ccc(F)cc1. The summed E-state index contributed by atoms with van der Waals surface area (Å²) >= 11 is 0. The number of H-pyrrole nitrogens is 1. The minimum absolute atomic E-state index is 0.0723. The summed E-state index contributed by atoms with van der Waals surface area (Å²) in [5.41, 5.74) is 2.80. The Labute approximate surface area is 128 Å². The second-order valence-electron chi connectivity index (χ2n) is 5.46. The van der Waals surface area contributed by atoms with Crippen LogP contribution in [0.25, 0.3) is 10.9 Å². The first-order chi connectivity index (χ1) is 10.6. The molecule has 112 valence electrons. The fourth-order valence-corrected chi connectivity index (χ4v) is 2.52. The predicted molar refractivity (Wildman–Crippen MR) is 86.2 cm³/mol. The summed E-state index contributed by atoms with van der Waals surface area (Å²) in [6.45, 7) is 1.89. The highest BCUT2D eigenvalue weighted by Gasteiger charge is 2.15. The second kappa shape index (κ2) is 6.02. The van der Waals surface area contributed by atoms with E-state index in [4.69, 9.17) is 0 Å². The van der Waals surface area contributed by atoms with E-state index in [1.54, 1.807) is 12.1 Å². The number of carbonyl (C=O) groups is 1. The summed E-state index contributed by atoms with van der Waals surface area (Å²) < 4.78 is 12.9. The van der Waals surface area contributed by atoms with Crippen molar-refractivity contribution in [2.45, 2.75) is 13.3 Å². The van der Waals surface area contributed by atoms with Gasteiger partial charge in [-0.1, -0.05) is 25.1 Å². The maximum atomic E-state index is 12.9. The van der Waals surface area contributed by atoms with Crippen molar-refractivity contribution in [3.05, 3.63) is 66.1 Å². The predicted octanol–water partition coefficient (Wildman–Crippen LogP) is 4.12. The van der Waals surface area contributed by atoms with E-state index in [1.807, 2.05) is 37.4 Å². The molecule has 1 heterocycles. The first-order valence-electron chi connectivity index (χ1n) is 7.25. The maximum Gasteiger partial charge on any atom is 0.227 e. The van der Waals surface area contributed by atoms with Crippen LogP contribution in [0.2, 0.25) is 0 Å². The Bertz CT molecular complexity index is 792. The number of aromatic amines is 1. The number of nitrogens with one attached hydrogen (secondary N) is 2. The molecule has 0 saturated heterocycles. The Morgan fingerprint density at radius 3 is 2.68 bits per heavy atom. The minimum atomic E-state index is -0.315. The average Bonchev–Trinajstić information content (AvgIpc) is 2.93. The molecule has 2 N–H and O–H groups in total. The van der Waals surface area contributed by atoms with Crippen molar-refractivity contribution < 1.29 is 9.18 Å². The van der Waals surface area contributed by atoms with Crippen LogP contribution in [0.1, 0.15) is 12.5 Å². The van der Waals surface area contributed by atoms with Crippen LogP contribution in [0.3, 0.4) is 0 Å². The number of amides is 1. The van der Waals surface area contributed by atoms with Crippen molar-refractivity contribution in [2.24, 2.45) is 5.92 Å². The Kier molecular flexibility index (Phi) is 3.92. The molecule has 2 aromatic carbocycles. The standard InChI is InChI=1S/C18H17FN2O/c1-12(18(22)21-15-8-6-14(19)7-9-15)10-13-11-20-17-5-3-2-4-16(13)17/h2-9,11-12,20H,10H2,1H3,(H,21,22)/t12-/m0/s1. The van der Waals surface area contributed by atoms with Crippen LogP contribution in [-0.2, 0) is 11.2 Å². The molecule has 0 aliphatic carbocycles. The van der Waals surface area contributed by atoms with Crippen LogP contribution in [0.15, 0.2) is 54.7 Å². The molecule has 0 spiro atoms. The van der Waals surface area contributed by atoms with Gasteiger partial charge < -0.3 is 10.3 Å².